The largest absolute Gasteiger partial charge is 0.441 e. The van der Waals surface area contributed by atoms with Gasteiger partial charge in [0.2, 0.25) is 0 Å². The molecule has 26 heavy (non-hydrogen) atoms. The van der Waals surface area contributed by atoms with Crippen molar-refractivity contribution in [3.63, 3.8) is 0 Å². The number of hydrogen-bond acceptors (Lipinski definition) is 3. The van der Waals surface area contributed by atoms with Crippen LogP contribution in [0.4, 0.5) is 32.0 Å². The van der Waals surface area contributed by atoms with Crippen molar-refractivity contribution in [3.05, 3.63) is 66.2 Å². The monoisotopic (exact) mass is 377 g/mol. The van der Waals surface area contributed by atoms with Crippen molar-refractivity contribution in [1.29, 1.82) is 0 Å². The Bertz CT molecular complexity index is 702. The van der Waals surface area contributed by atoms with Crippen molar-refractivity contribution in [2.45, 2.75) is 24.5 Å². The molecule has 3 nitrogen and oxygen atoms in total. The van der Waals surface area contributed by atoms with Gasteiger partial charge in [-0.3, -0.25) is 0 Å². The normalized spacial score (nSPS) is 13.3. The van der Waals surface area contributed by atoms with Crippen molar-refractivity contribution in [2.75, 3.05) is 5.32 Å². The average Bonchev–Trinajstić information content (AvgIpc) is 2.57. The number of alkyl halides is 6. The second-order valence-electron chi connectivity index (χ2n) is 5.25. The highest BCUT2D eigenvalue weighted by Crippen LogP contribution is 2.37. The van der Waals surface area contributed by atoms with Crippen LogP contribution in [0.5, 0.6) is 0 Å². The highest BCUT2D eigenvalue weighted by molar-refractivity contribution is 5.81. The van der Waals surface area contributed by atoms with Gasteiger partial charge in [-0.1, -0.05) is 48.5 Å². The highest BCUT2D eigenvalue weighted by Gasteiger charge is 2.60. The van der Waals surface area contributed by atoms with Crippen LogP contribution >= 0.6 is 0 Å². The molecule has 0 heterocycles. The lowest BCUT2D eigenvalue weighted by molar-refractivity contribution is -0.313. The lowest BCUT2D eigenvalue weighted by Gasteiger charge is -2.26. The van der Waals surface area contributed by atoms with E-state index < -0.39 is 30.5 Å². The predicted octanol–water partition coefficient (Wildman–Crippen LogP) is 4.88. The third-order valence-corrected chi connectivity index (χ3v) is 3.28. The van der Waals surface area contributed by atoms with E-state index in [9.17, 15) is 31.1 Å². The fraction of sp³-hybridized carbons (Fsp3) is 0.235. The van der Waals surface area contributed by atoms with Crippen LogP contribution in [0.3, 0.4) is 0 Å². The Hall–Kier alpha value is -2.71. The molecule has 1 unspecified atom stereocenters. The van der Waals surface area contributed by atoms with E-state index in [4.69, 9.17) is 0 Å². The van der Waals surface area contributed by atoms with Crippen LogP contribution in [0.2, 0.25) is 0 Å². The zero-order chi connectivity index (χ0) is 19.4. The smallest absolute Gasteiger partial charge is 0.434 e. The van der Waals surface area contributed by atoms with Gasteiger partial charge in [-0.25, -0.2) is 4.79 Å². The maximum Gasteiger partial charge on any atom is 0.434 e. The molecule has 0 bridgehead atoms. The Morgan fingerprint density at radius 2 is 1.27 bits per heavy atom. The summed E-state index contributed by atoms with van der Waals surface area (Å²) in [4.78, 5) is 12.2. The van der Waals surface area contributed by atoms with Crippen molar-refractivity contribution >= 4 is 11.7 Å². The van der Waals surface area contributed by atoms with Gasteiger partial charge in [0, 0.05) is 5.69 Å². The molecule has 2 aromatic carbocycles. The summed E-state index contributed by atoms with van der Waals surface area (Å²) in [6.07, 6.45) is -15.8. The van der Waals surface area contributed by atoms with Crippen LogP contribution < -0.4 is 5.32 Å². The number of para-hydroxylation sites is 1. The van der Waals surface area contributed by atoms with E-state index in [1.165, 1.54) is 36.4 Å². The Balaban J connectivity index is 2.31. The minimum atomic E-state index is -5.78. The van der Waals surface area contributed by atoms with Gasteiger partial charge in [-0.2, -0.15) is 26.3 Å². The lowest BCUT2D eigenvalue weighted by atomic mass is 10.1. The summed E-state index contributed by atoms with van der Waals surface area (Å²) in [5.41, 5.74) is 0.485. The number of anilines is 1. The first-order valence-corrected chi connectivity index (χ1v) is 7.29. The molecular formula is C17H13F6NO2. The molecule has 1 N–H and O–H groups in total. The molecule has 140 valence electrons. The van der Waals surface area contributed by atoms with Gasteiger partial charge in [0.1, 0.15) is 0 Å². The molecule has 0 aliphatic carbocycles. The molecule has 0 aliphatic rings. The number of rotatable bonds is 5. The quantitative estimate of drug-likeness (QED) is 0.597. The van der Waals surface area contributed by atoms with Crippen LogP contribution in [0.25, 0.3) is 0 Å². The van der Waals surface area contributed by atoms with Gasteiger partial charge in [0.25, 0.3) is 6.10 Å². The zero-order valence-electron chi connectivity index (χ0n) is 13.0. The van der Waals surface area contributed by atoms with E-state index in [-0.39, 0.29) is 5.56 Å². The molecule has 0 aromatic heterocycles. The number of esters is 1. The summed E-state index contributed by atoms with van der Waals surface area (Å²) in [6, 6.07) is 13.6. The molecule has 9 heteroatoms. The second kappa shape index (κ2) is 7.67. The molecule has 0 aliphatic heterocycles. The number of carbonyl (C=O) groups is 1. The molecule has 0 fully saturated rings. The fourth-order valence-corrected chi connectivity index (χ4v) is 2.13. The minimum Gasteiger partial charge on any atom is -0.441 e. The highest BCUT2D eigenvalue weighted by atomic mass is 19.4. The van der Waals surface area contributed by atoms with Crippen molar-refractivity contribution in [2.24, 2.45) is 0 Å². The summed E-state index contributed by atoms with van der Waals surface area (Å²) in [5.74, 6) is -1.69. The number of carbonyl (C=O) groups excluding carboxylic acids is 1. The standard InChI is InChI=1S/C17H13F6NO2/c18-16(19,20)15(17(21,22)23)26-14(25)13(11-7-3-1-4-8-11)24-12-9-5-2-6-10-12/h1-10,13,15,24H. The van der Waals surface area contributed by atoms with Crippen LogP contribution in [-0.2, 0) is 9.53 Å². The molecule has 0 saturated carbocycles. The van der Waals surface area contributed by atoms with E-state index >= 15 is 0 Å². The van der Waals surface area contributed by atoms with Crippen LogP contribution in [-0.4, -0.2) is 24.4 Å². The van der Waals surface area contributed by atoms with Crippen LogP contribution in [0.1, 0.15) is 11.6 Å². The molecule has 0 saturated heterocycles. The number of benzene rings is 2. The van der Waals surface area contributed by atoms with E-state index in [1.54, 1.807) is 24.3 Å². The summed E-state index contributed by atoms with van der Waals surface area (Å²) < 4.78 is 79.7. The lowest BCUT2D eigenvalue weighted by Crippen LogP contribution is -2.46. The zero-order valence-corrected chi connectivity index (χ0v) is 13.0. The van der Waals surface area contributed by atoms with Gasteiger partial charge in [-0.15, -0.1) is 0 Å². The molecule has 0 radical (unpaired) electrons. The summed E-state index contributed by atoms with van der Waals surface area (Å²) >= 11 is 0. The van der Waals surface area contributed by atoms with Crippen molar-refractivity contribution < 1.29 is 35.9 Å². The Labute approximate surface area is 144 Å². The number of nitrogens with one attached hydrogen (secondary N) is 1. The minimum absolute atomic E-state index is 0.157. The van der Waals surface area contributed by atoms with E-state index in [1.807, 2.05) is 0 Å². The summed E-state index contributed by atoms with van der Waals surface area (Å²) in [5, 5.41) is 2.59. The first-order chi connectivity index (χ1) is 12.1. The average molecular weight is 377 g/mol. The number of hydrogen-bond donors (Lipinski definition) is 1. The maximum atomic E-state index is 12.7. The summed E-state index contributed by atoms with van der Waals surface area (Å²) in [7, 11) is 0. The van der Waals surface area contributed by atoms with Gasteiger partial charge in [0.15, 0.2) is 6.04 Å². The maximum absolute atomic E-state index is 12.7. The molecule has 0 amide bonds. The molecule has 2 rings (SSSR count). The SMILES string of the molecule is O=C(OC(C(F)(F)F)C(F)(F)F)C(Nc1ccccc1)c1ccccc1. The Morgan fingerprint density at radius 1 is 0.808 bits per heavy atom. The van der Waals surface area contributed by atoms with Crippen molar-refractivity contribution in [1.82, 2.24) is 0 Å². The number of ether oxygens (including phenoxy) is 1. The Kier molecular flexibility index (Phi) is 5.79. The Morgan fingerprint density at radius 3 is 1.73 bits per heavy atom. The first-order valence-electron chi connectivity index (χ1n) is 7.29. The van der Waals surface area contributed by atoms with Gasteiger partial charge in [-0.05, 0) is 17.7 Å². The molecule has 0 spiro atoms. The third-order valence-electron chi connectivity index (χ3n) is 3.28. The van der Waals surface area contributed by atoms with E-state index in [2.05, 4.69) is 10.1 Å². The van der Waals surface area contributed by atoms with Crippen molar-refractivity contribution in [3.8, 4) is 0 Å². The van der Waals surface area contributed by atoms with E-state index in [0.717, 1.165) is 0 Å². The summed E-state index contributed by atoms with van der Waals surface area (Å²) in [6.45, 7) is 0. The first kappa shape index (κ1) is 19.6. The molecular weight excluding hydrogens is 364 g/mol. The van der Waals surface area contributed by atoms with Crippen LogP contribution in [0, 0.1) is 0 Å². The van der Waals surface area contributed by atoms with E-state index in [0.29, 0.717) is 5.69 Å². The fourth-order valence-electron chi connectivity index (χ4n) is 2.13. The number of halogens is 6. The van der Waals surface area contributed by atoms with Crippen LogP contribution in [0.15, 0.2) is 60.7 Å². The third kappa shape index (κ3) is 5.14. The molecule has 2 aromatic rings. The topological polar surface area (TPSA) is 38.3 Å². The van der Waals surface area contributed by atoms with Gasteiger partial charge >= 0.3 is 18.3 Å². The second-order valence-corrected chi connectivity index (χ2v) is 5.25. The molecule has 1 atom stereocenters. The van der Waals surface area contributed by atoms with Gasteiger partial charge in [0.05, 0.1) is 0 Å². The van der Waals surface area contributed by atoms with Gasteiger partial charge < -0.3 is 10.1 Å². The predicted molar refractivity (Wildman–Crippen MR) is 81.2 cm³/mol.